The summed E-state index contributed by atoms with van der Waals surface area (Å²) in [6, 6.07) is 2.00. The van der Waals surface area contributed by atoms with Crippen molar-refractivity contribution in [1.29, 1.82) is 0 Å². The van der Waals surface area contributed by atoms with Crippen LogP contribution in [0.3, 0.4) is 0 Å². The summed E-state index contributed by atoms with van der Waals surface area (Å²) in [5.74, 6) is 0.639. The topological polar surface area (TPSA) is 33.2 Å². The molecule has 1 atom stereocenters. The fraction of sp³-hybridized carbons (Fsp3) is 0.455. The van der Waals surface area contributed by atoms with Crippen LogP contribution in [0.2, 0.25) is 0 Å². The minimum atomic E-state index is 0.103. The molecule has 1 aliphatic rings. The van der Waals surface area contributed by atoms with Crippen molar-refractivity contribution >= 4 is 11.6 Å². The highest BCUT2D eigenvalue weighted by Crippen LogP contribution is 2.28. The van der Waals surface area contributed by atoms with Gasteiger partial charge in [-0.3, -0.25) is 9.78 Å². The molecule has 2 heterocycles. The molecule has 0 aromatic carbocycles. The lowest BCUT2D eigenvalue weighted by molar-refractivity contribution is -0.116. The van der Waals surface area contributed by atoms with Crippen molar-refractivity contribution in [2.45, 2.75) is 20.3 Å². The minimum absolute atomic E-state index is 0.103. The molecule has 1 amide bonds. The van der Waals surface area contributed by atoms with Crippen LogP contribution in [0.5, 0.6) is 0 Å². The second kappa shape index (κ2) is 3.40. The van der Waals surface area contributed by atoms with Crippen LogP contribution >= 0.6 is 0 Å². The van der Waals surface area contributed by atoms with Crippen LogP contribution in [-0.2, 0) is 11.2 Å². The van der Waals surface area contributed by atoms with Crippen molar-refractivity contribution in [3.8, 4) is 0 Å². The van der Waals surface area contributed by atoms with Crippen LogP contribution in [0.15, 0.2) is 18.5 Å². The van der Waals surface area contributed by atoms with E-state index in [1.807, 2.05) is 11.0 Å². The van der Waals surface area contributed by atoms with Crippen molar-refractivity contribution in [3.05, 3.63) is 24.0 Å². The molecule has 14 heavy (non-hydrogen) atoms. The van der Waals surface area contributed by atoms with E-state index < -0.39 is 0 Å². The number of carbonyl (C=O) groups is 1. The van der Waals surface area contributed by atoms with Gasteiger partial charge in [0.1, 0.15) is 0 Å². The number of hydrogen-bond acceptors (Lipinski definition) is 2. The maximum Gasteiger partial charge on any atom is 0.223 e. The minimum Gasteiger partial charge on any atom is -0.311 e. The van der Waals surface area contributed by atoms with Crippen LogP contribution < -0.4 is 4.90 Å². The third-order valence-corrected chi connectivity index (χ3v) is 2.62. The summed E-state index contributed by atoms with van der Waals surface area (Å²) >= 11 is 0. The number of pyridine rings is 1. The van der Waals surface area contributed by atoms with Gasteiger partial charge in [-0.1, -0.05) is 6.92 Å². The lowest BCUT2D eigenvalue weighted by atomic mass is 9.95. The Hall–Kier alpha value is -1.38. The summed E-state index contributed by atoms with van der Waals surface area (Å²) in [5, 5.41) is 0. The Morgan fingerprint density at radius 1 is 1.64 bits per heavy atom. The molecule has 3 nitrogen and oxygen atoms in total. The van der Waals surface area contributed by atoms with Gasteiger partial charge in [0.15, 0.2) is 0 Å². The Morgan fingerprint density at radius 2 is 2.43 bits per heavy atom. The SMILES string of the molecule is CC(=O)N1CC(C)Cc2ccncc21. The van der Waals surface area contributed by atoms with Crippen LogP contribution in [-0.4, -0.2) is 17.4 Å². The molecule has 0 N–H and O–H groups in total. The van der Waals surface area contributed by atoms with Crippen molar-refractivity contribution < 1.29 is 4.79 Å². The largest absolute Gasteiger partial charge is 0.311 e. The second-order valence-corrected chi connectivity index (χ2v) is 3.94. The number of amides is 1. The standard InChI is InChI=1S/C11H14N2O/c1-8-5-10-3-4-12-6-11(10)13(7-8)9(2)14/h3-4,6,8H,5,7H2,1-2H3. The van der Waals surface area contributed by atoms with E-state index in [1.165, 1.54) is 5.56 Å². The Labute approximate surface area is 83.8 Å². The van der Waals surface area contributed by atoms with Crippen molar-refractivity contribution in [2.75, 3.05) is 11.4 Å². The molecule has 0 aliphatic carbocycles. The smallest absolute Gasteiger partial charge is 0.223 e. The summed E-state index contributed by atoms with van der Waals surface area (Å²) < 4.78 is 0. The molecule has 0 saturated heterocycles. The summed E-state index contributed by atoms with van der Waals surface area (Å²) in [7, 11) is 0. The first kappa shape index (κ1) is 9.19. The van der Waals surface area contributed by atoms with Gasteiger partial charge in [-0.05, 0) is 24.0 Å². The van der Waals surface area contributed by atoms with Gasteiger partial charge in [0, 0.05) is 19.7 Å². The maximum absolute atomic E-state index is 11.4. The summed E-state index contributed by atoms with van der Waals surface area (Å²) in [5.41, 5.74) is 2.21. The van der Waals surface area contributed by atoms with E-state index in [2.05, 4.69) is 11.9 Å². The first-order valence-electron chi connectivity index (χ1n) is 4.89. The third kappa shape index (κ3) is 1.50. The first-order valence-corrected chi connectivity index (χ1v) is 4.89. The van der Waals surface area contributed by atoms with E-state index in [1.54, 1.807) is 19.3 Å². The second-order valence-electron chi connectivity index (χ2n) is 3.94. The molecular weight excluding hydrogens is 176 g/mol. The number of carbonyl (C=O) groups excluding carboxylic acids is 1. The predicted molar refractivity (Wildman–Crippen MR) is 55.1 cm³/mol. The molecule has 1 aromatic heterocycles. The zero-order valence-corrected chi connectivity index (χ0v) is 8.53. The summed E-state index contributed by atoms with van der Waals surface area (Å²) in [4.78, 5) is 17.3. The van der Waals surface area contributed by atoms with Crippen molar-refractivity contribution in [3.63, 3.8) is 0 Å². The van der Waals surface area contributed by atoms with Crippen LogP contribution in [0.25, 0.3) is 0 Å². The van der Waals surface area contributed by atoms with E-state index in [0.29, 0.717) is 5.92 Å². The third-order valence-electron chi connectivity index (χ3n) is 2.62. The zero-order chi connectivity index (χ0) is 10.1. The molecule has 1 aromatic rings. The van der Waals surface area contributed by atoms with Gasteiger partial charge in [-0.15, -0.1) is 0 Å². The van der Waals surface area contributed by atoms with Gasteiger partial charge in [0.2, 0.25) is 5.91 Å². The number of anilines is 1. The lowest BCUT2D eigenvalue weighted by Crippen LogP contribution is -2.37. The van der Waals surface area contributed by atoms with E-state index in [4.69, 9.17) is 0 Å². The highest BCUT2D eigenvalue weighted by Gasteiger charge is 2.23. The molecule has 0 radical (unpaired) electrons. The van der Waals surface area contributed by atoms with Gasteiger partial charge in [-0.2, -0.15) is 0 Å². The van der Waals surface area contributed by atoms with Crippen LogP contribution in [0.4, 0.5) is 5.69 Å². The first-order chi connectivity index (χ1) is 6.68. The Morgan fingerprint density at radius 3 is 3.14 bits per heavy atom. The Kier molecular flexibility index (Phi) is 2.23. The monoisotopic (exact) mass is 190 g/mol. The highest BCUT2D eigenvalue weighted by atomic mass is 16.2. The quantitative estimate of drug-likeness (QED) is 0.623. The normalized spacial score (nSPS) is 20.4. The van der Waals surface area contributed by atoms with Crippen LogP contribution in [0, 0.1) is 5.92 Å². The van der Waals surface area contributed by atoms with E-state index in [0.717, 1.165) is 18.7 Å². The molecule has 74 valence electrons. The summed E-state index contributed by atoms with van der Waals surface area (Å²) in [6.07, 6.45) is 4.61. The lowest BCUT2D eigenvalue weighted by Gasteiger charge is -2.31. The van der Waals surface area contributed by atoms with E-state index in [-0.39, 0.29) is 5.91 Å². The molecule has 0 saturated carbocycles. The van der Waals surface area contributed by atoms with Crippen molar-refractivity contribution in [1.82, 2.24) is 4.98 Å². The average Bonchev–Trinajstić information content (AvgIpc) is 2.16. The van der Waals surface area contributed by atoms with Gasteiger partial charge in [-0.25, -0.2) is 0 Å². The number of rotatable bonds is 0. The number of aromatic nitrogens is 1. The molecule has 1 unspecified atom stereocenters. The van der Waals surface area contributed by atoms with Gasteiger partial charge in [0.25, 0.3) is 0 Å². The number of fused-ring (bicyclic) bond motifs is 1. The number of hydrogen-bond donors (Lipinski definition) is 0. The summed E-state index contributed by atoms with van der Waals surface area (Å²) in [6.45, 7) is 4.59. The van der Waals surface area contributed by atoms with Gasteiger partial charge >= 0.3 is 0 Å². The van der Waals surface area contributed by atoms with Crippen molar-refractivity contribution in [2.24, 2.45) is 5.92 Å². The molecule has 0 spiro atoms. The maximum atomic E-state index is 11.4. The molecular formula is C11H14N2O. The Balaban J connectivity index is 2.43. The zero-order valence-electron chi connectivity index (χ0n) is 8.53. The average molecular weight is 190 g/mol. The highest BCUT2D eigenvalue weighted by molar-refractivity contribution is 5.92. The van der Waals surface area contributed by atoms with Gasteiger partial charge < -0.3 is 4.90 Å². The van der Waals surface area contributed by atoms with Crippen LogP contribution in [0.1, 0.15) is 19.4 Å². The molecule has 1 aliphatic heterocycles. The van der Waals surface area contributed by atoms with E-state index in [9.17, 15) is 4.79 Å². The fourth-order valence-corrected chi connectivity index (χ4v) is 1.98. The fourth-order valence-electron chi connectivity index (χ4n) is 1.98. The molecule has 0 bridgehead atoms. The Bertz CT molecular complexity index is 362. The number of nitrogens with zero attached hydrogens (tertiary/aromatic N) is 2. The van der Waals surface area contributed by atoms with E-state index >= 15 is 0 Å². The molecule has 3 heteroatoms. The molecule has 2 rings (SSSR count). The molecule has 0 fully saturated rings. The predicted octanol–water partition coefficient (Wildman–Crippen LogP) is 1.63. The van der Waals surface area contributed by atoms with Gasteiger partial charge in [0.05, 0.1) is 11.9 Å².